The lowest BCUT2D eigenvalue weighted by Crippen LogP contribution is -2.29. The van der Waals surface area contributed by atoms with E-state index in [9.17, 15) is 4.79 Å². The minimum Gasteiger partial charge on any atom is -0.307 e. The van der Waals surface area contributed by atoms with Gasteiger partial charge in [0, 0.05) is 30.3 Å². The normalized spacial score (nSPS) is 14.1. The molecular formula is C28H31N3OS2. The molecule has 2 aromatic heterocycles. The maximum absolute atomic E-state index is 13.3. The molecule has 4 aromatic rings. The molecule has 4 nitrogen and oxygen atoms in total. The SMILES string of the molecule is CC(C)CCSc1nc(=O)c2c3c(sc2n1Cc1ccccc1)CN(Cc1ccccc1)CC3. The zero-order valence-corrected chi connectivity index (χ0v) is 21.5. The Morgan fingerprint density at radius 1 is 1.00 bits per heavy atom. The first kappa shape index (κ1) is 23.3. The summed E-state index contributed by atoms with van der Waals surface area (Å²) >= 11 is 3.52. The van der Waals surface area contributed by atoms with Crippen molar-refractivity contribution in [3.63, 3.8) is 0 Å². The Morgan fingerprint density at radius 2 is 1.68 bits per heavy atom. The number of benzene rings is 2. The number of fused-ring (bicyclic) bond motifs is 3. The second-order valence-electron chi connectivity index (χ2n) is 9.43. The van der Waals surface area contributed by atoms with Crippen LogP contribution in [-0.2, 0) is 26.1 Å². The van der Waals surface area contributed by atoms with Crippen molar-refractivity contribution in [1.29, 1.82) is 0 Å². The van der Waals surface area contributed by atoms with E-state index < -0.39 is 0 Å². The van der Waals surface area contributed by atoms with E-state index in [1.54, 1.807) is 23.1 Å². The van der Waals surface area contributed by atoms with Gasteiger partial charge in [0.05, 0.1) is 11.9 Å². The number of thioether (sulfide) groups is 1. The van der Waals surface area contributed by atoms with Crippen molar-refractivity contribution in [2.24, 2.45) is 5.92 Å². The number of hydrogen-bond acceptors (Lipinski definition) is 5. The Balaban J connectivity index is 1.52. The van der Waals surface area contributed by atoms with Crippen LogP contribution in [0.3, 0.4) is 0 Å². The molecular weight excluding hydrogens is 458 g/mol. The Kier molecular flexibility index (Phi) is 7.18. The Bertz CT molecular complexity index is 1310. The molecule has 3 heterocycles. The fourth-order valence-corrected chi connectivity index (χ4v) is 7.19. The summed E-state index contributed by atoms with van der Waals surface area (Å²) in [5.41, 5.74) is 3.74. The van der Waals surface area contributed by atoms with Gasteiger partial charge in [0.15, 0.2) is 5.16 Å². The zero-order chi connectivity index (χ0) is 23.5. The van der Waals surface area contributed by atoms with Crippen molar-refractivity contribution >= 4 is 33.3 Å². The van der Waals surface area contributed by atoms with Gasteiger partial charge in [-0.05, 0) is 35.4 Å². The van der Waals surface area contributed by atoms with E-state index in [2.05, 4.69) is 82.9 Å². The average molecular weight is 490 g/mol. The highest BCUT2D eigenvalue weighted by Gasteiger charge is 2.25. The maximum Gasteiger partial charge on any atom is 0.282 e. The monoisotopic (exact) mass is 489 g/mol. The van der Waals surface area contributed by atoms with Crippen molar-refractivity contribution in [3.05, 3.63) is 92.6 Å². The molecule has 1 aliphatic heterocycles. The highest BCUT2D eigenvalue weighted by molar-refractivity contribution is 7.99. The molecule has 0 radical (unpaired) electrons. The molecule has 0 fully saturated rings. The lowest BCUT2D eigenvalue weighted by atomic mass is 10.0. The van der Waals surface area contributed by atoms with Crippen LogP contribution in [-0.4, -0.2) is 26.7 Å². The van der Waals surface area contributed by atoms with Gasteiger partial charge in [-0.25, -0.2) is 0 Å². The molecule has 176 valence electrons. The quantitative estimate of drug-likeness (QED) is 0.218. The average Bonchev–Trinajstić information content (AvgIpc) is 3.22. The van der Waals surface area contributed by atoms with E-state index in [-0.39, 0.29) is 5.56 Å². The van der Waals surface area contributed by atoms with E-state index in [1.807, 2.05) is 6.07 Å². The first-order chi connectivity index (χ1) is 16.6. The van der Waals surface area contributed by atoms with Gasteiger partial charge in [-0.15, -0.1) is 11.3 Å². The lowest BCUT2D eigenvalue weighted by Gasteiger charge is -2.26. The van der Waals surface area contributed by atoms with E-state index >= 15 is 0 Å². The Labute approximate surface area is 209 Å². The topological polar surface area (TPSA) is 38.1 Å². The number of thiophene rings is 1. The summed E-state index contributed by atoms with van der Waals surface area (Å²) in [6.45, 7) is 8.02. The first-order valence-electron chi connectivity index (χ1n) is 12.1. The molecule has 0 unspecified atom stereocenters. The molecule has 0 aliphatic carbocycles. The van der Waals surface area contributed by atoms with Crippen molar-refractivity contribution in [3.8, 4) is 0 Å². The molecule has 0 N–H and O–H groups in total. The number of hydrogen-bond donors (Lipinski definition) is 0. The fraction of sp³-hybridized carbons (Fsp3) is 0.357. The van der Waals surface area contributed by atoms with Crippen LogP contribution < -0.4 is 5.56 Å². The largest absolute Gasteiger partial charge is 0.307 e. The summed E-state index contributed by atoms with van der Waals surface area (Å²) in [4.78, 5) is 22.8. The van der Waals surface area contributed by atoms with Crippen LogP contribution in [0.5, 0.6) is 0 Å². The second kappa shape index (κ2) is 10.5. The minimum absolute atomic E-state index is 0.0552. The highest BCUT2D eigenvalue weighted by Crippen LogP contribution is 2.36. The van der Waals surface area contributed by atoms with Crippen LogP contribution >= 0.6 is 23.1 Å². The second-order valence-corrected chi connectivity index (χ2v) is 11.6. The molecule has 0 amide bonds. The van der Waals surface area contributed by atoms with Crippen molar-refractivity contribution < 1.29 is 0 Å². The number of rotatable bonds is 8. The minimum atomic E-state index is -0.0552. The number of nitrogens with zero attached hydrogens (tertiary/aromatic N) is 3. The van der Waals surface area contributed by atoms with E-state index in [0.717, 1.165) is 60.1 Å². The Morgan fingerprint density at radius 3 is 2.35 bits per heavy atom. The van der Waals surface area contributed by atoms with Gasteiger partial charge in [-0.3, -0.25) is 9.69 Å². The third-order valence-corrected chi connectivity index (χ3v) is 8.61. The van der Waals surface area contributed by atoms with Crippen LogP contribution in [0, 0.1) is 5.92 Å². The first-order valence-corrected chi connectivity index (χ1v) is 13.9. The molecule has 0 saturated carbocycles. The summed E-state index contributed by atoms with van der Waals surface area (Å²) in [5, 5.41) is 1.70. The summed E-state index contributed by atoms with van der Waals surface area (Å²) < 4.78 is 2.29. The van der Waals surface area contributed by atoms with Crippen LogP contribution in [0.1, 0.15) is 41.8 Å². The standard InChI is InChI=1S/C28H31N3OS2/c1-20(2)14-16-33-28-29-26(32)25-23-13-15-30(17-21-9-5-3-6-10-21)19-24(23)34-27(25)31(28)18-22-11-7-4-8-12-22/h3-12,20H,13-19H2,1-2H3. The highest BCUT2D eigenvalue weighted by atomic mass is 32.2. The maximum atomic E-state index is 13.3. The van der Waals surface area contributed by atoms with Gasteiger partial charge >= 0.3 is 0 Å². The van der Waals surface area contributed by atoms with E-state index in [1.165, 1.54) is 21.6 Å². The molecule has 0 atom stereocenters. The molecule has 5 rings (SSSR count). The van der Waals surface area contributed by atoms with Crippen molar-refractivity contribution in [2.75, 3.05) is 12.3 Å². The van der Waals surface area contributed by atoms with Crippen molar-refractivity contribution in [2.45, 2.75) is 51.5 Å². The van der Waals surface area contributed by atoms with Gasteiger partial charge < -0.3 is 4.57 Å². The molecule has 6 heteroatoms. The molecule has 0 saturated heterocycles. The molecule has 34 heavy (non-hydrogen) atoms. The Hall–Kier alpha value is -2.41. The summed E-state index contributed by atoms with van der Waals surface area (Å²) in [6.07, 6.45) is 2.02. The van der Waals surface area contributed by atoms with Crippen molar-refractivity contribution in [1.82, 2.24) is 14.5 Å². The summed E-state index contributed by atoms with van der Waals surface area (Å²) in [5.74, 6) is 1.61. The third-order valence-electron chi connectivity index (χ3n) is 6.36. The van der Waals surface area contributed by atoms with Gasteiger partial charge in [0.1, 0.15) is 4.83 Å². The molecule has 1 aliphatic rings. The molecule has 0 bridgehead atoms. The van der Waals surface area contributed by atoms with Crippen LogP contribution in [0.15, 0.2) is 70.6 Å². The van der Waals surface area contributed by atoms with Crippen LogP contribution in [0.25, 0.3) is 10.2 Å². The predicted octanol–water partition coefficient (Wildman–Crippen LogP) is 6.20. The summed E-state index contributed by atoms with van der Waals surface area (Å²) in [7, 11) is 0. The smallest absolute Gasteiger partial charge is 0.282 e. The van der Waals surface area contributed by atoms with Crippen LogP contribution in [0.4, 0.5) is 0 Å². The lowest BCUT2D eigenvalue weighted by molar-refractivity contribution is 0.249. The molecule has 2 aromatic carbocycles. The van der Waals surface area contributed by atoms with Gasteiger partial charge in [0.2, 0.25) is 0 Å². The van der Waals surface area contributed by atoms with Gasteiger partial charge in [-0.2, -0.15) is 4.98 Å². The predicted molar refractivity (Wildman–Crippen MR) is 144 cm³/mol. The summed E-state index contributed by atoms with van der Waals surface area (Å²) in [6, 6.07) is 21.2. The fourth-order valence-electron chi connectivity index (χ4n) is 4.52. The number of aromatic nitrogens is 2. The van der Waals surface area contributed by atoms with E-state index in [4.69, 9.17) is 0 Å². The van der Waals surface area contributed by atoms with Gasteiger partial charge in [0.25, 0.3) is 5.56 Å². The van der Waals surface area contributed by atoms with E-state index in [0.29, 0.717) is 5.92 Å². The molecule has 0 spiro atoms. The van der Waals surface area contributed by atoms with Gasteiger partial charge in [-0.1, -0.05) is 86.3 Å². The zero-order valence-electron chi connectivity index (χ0n) is 19.9. The van der Waals surface area contributed by atoms with Crippen LogP contribution in [0.2, 0.25) is 0 Å². The third kappa shape index (κ3) is 5.14.